The van der Waals surface area contributed by atoms with Crippen molar-refractivity contribution in [2.45, 2.75) is 26.7 Å². The van der Waals surface area contributed by atoms with Crippen LogP contribution in [0.1, 0.15) is 35.6 Å². The van der Waals surface area contributed by atoms with Gasteiger partial charge in [-0.2, -0.15) is 0 Å². The maximum Gasteiger partial charge on any atom is 0.0242 e. The Kier molecular flexibility index (Phi) is 5.90. The molecule has 0 spiro atoms. The van der Waals surface area contributed by atoms with E-state index >= 15 is 0 Å². The van der Waals surface area contributed by atoms with Gasteiger partial charge in [0.25, 0.3) is 0 Å². The minimum Gasteiger partial charge on any atom is -0.144 e. The van der Waals surface area contributed by atoms with Crippen LogP contribution in [0.2, 0.25) is 0 Å². The van der Waals surface area contributed by atoms with Gasteiger partial charge >= 0.3 is 0 Å². The van der Waals surface area contributed by atoms with Crippen LogP contribution in [0, 0.1) is 19.3 Å². The van der Waals surface area contributed by atoms with Crippen molar-refractivity contribution < 1.29 is 0 Å². The second-order valence-electron chi connectivity index (χ2n) is 5.71. The van der Waals surface area contributed by atoms with E-state index in [0.29, 0.717) is 0 Å². The lowest BCUT2D eigenvalue weighted by Gasteiger charge is -2.15. The van der Waals surface area contributed by atoms with Crippen molar-refractivity contribution in [3.63, 3.8) is 0 Å². The highest BCUT2D eigenvalue weighted by Crippen LogP contribution is 2.30. The van der Waals surface area contributed by atoms with E-state index in [4.69, 9.17) is 6.42 Å². The van der Waals surface area contributed by atoms with E-state index < -0.39 is 0 Å². The van der Waals surface area contributed by atoms with Crippen LogP contribution in [0.25, 0.3) is 5.57 Å². The molecule has 0 saturated heterocycles. The van der Waals surface area contributed by atoms with Crippen LogP contribution in [0.4, 0.5) is 0 Å². The topological polar surface area (TPSA) is 0 Å². The second-order valence-corrected chi connectivity index (χ2v) is 6.25. The number of thiol groups is 1. The van der Waals surface area contributed by atoms with E-state index in [1.54, 1.807) is 0 Å². The molecule has 0 radical (unpaired) electrons. The first-order valence-electron chi connectivity index (χ1n) is 7.72. The molecule has 0 nitrogen and oxygen atoms in total. The van der Waals surface area contributed by atoms with Gasteiger partial charge in [-0.15, -0.1) is 19.1 Å². The molecule has 0 atom stereocenters. The minimum atomic E-state index is 0.825. The maximum absolute atomic E-state index is 5.41. The zero-order valence-electron chi connectivity index (χ0n) is 13.8. The molecular formula is C22H22S. The first kappa shape index (κ1) is 17.2. The van der Waals surface area contributed by atoms with Gasteiger partial charge in [0, 0.05) is 10.5 Å². The highest BCUT2D eigenvalue weighted by molar-refractivity contribution is 7.84. The van der Waals surface area contributed by atoms with Crippen LogP contribution in [-0.2, 0) is 6.42 Å². The Bertz CT molecular complexity index is 770. The lowest BCUT2D eigenvalue weighted by Crippen LogP contribution is -1.96. The van der Waals surface area contributed by atoms with Crippen molar-refractivity contribution in [3.8, 4) is 12.3 Å². The number of aryl methyl sites for hydroxylation is 2. The molecule has 0 N–H and O–H groups in total. The van der Waals surface area contributed by atoms with Gasteiger partial charge in [0.1, 0.15) is 0 Å². The maximum atomic E-state index is 5.41. The van der Waals surface area contributed by atoms with E-state index in [-0.39, 0.29) is 0 Å². The first-order valence-corrected chi connectivity index (χ1v) is 8.17. The van der Waals surface area contributed by atoms with Gasteiger partial charge in [-0.05, 0) is 66.7 Å². The summed E-state index contributed by atoms with van der Waals surface area (Å²) in [6.45, 7) is 8.23. The molecule has 0 saturated carbocycles. The van der Waals surface area contributed by atoms with E-state index in [2.05, 4.69) is 75.4 Å². The molecule has 0 unspecified atom stereocenters. The summed E-state index contributed by atoms with van der Waals surface area (Å²) in [5.74, 6) is 2.65. The predicted octanol–water partition coefficient (Wildman–Crippen LogP) is 5.83. The molecular weight excluding hydrogens is 296 g/mol. The lowest BCUT2D eigenvalue weighted by atomic mass is 9.91. The van der Waals surface area contributed by atoms with Crippen LogP contribution < -0.4 is 0 Å². The number of hydrogen-bond acceptors (Lipinski definition) is 1. The minimum absolute atomic E-state index is 0.825. The Balaban J connectivity index is 2.29. The fourth-order valence-electron chi connectivity index (χ4n) is 2.65. The SMILES string of the molecule is C#Cc1ccc(CC/C(=C(/C)C(=C)S)c2ccccc2C)cc1. The summed E-state index contributed by atoms with van der Waals surface area (Å²) in [5.41, 5.74) is 7.22. The monoisotopic (exact) mass is 318 g/mol. The molecule has 0 bridgehead atoms. The molecule has 0 aromatic heterocycles. The molecule has 0 aliphatic carbocycles. The van der Waals surface area contributed by atoms with Crippen LogP contribution in [0.5, 0.6) is 0 Å². The number of benzene rings is 2. The number of allylic oxidation sites excluding steroid dienone is 2. The van der Waals surface area contributed by atoms with Crippen LogP contribution >= 0.6 is 12.6 Å². The number of hydrogen-bond donors (Lipinski definition) is 1. The van der Waals surface area contributed by atoms with Gasteiger partial charge in [0.05, 0.1) is 0 Å². The van der Waals surface area contributed by atoms with Crippen molar-refractivity contribution >= 4 is 18.2 Å². The van der Waals surface area contributed by atoms with Gasteiger partial charge in [-0.1, -0.05) is 48.9 Å². The van der Waals surface area contributed by atoms with Crippen LogP contribution in [-0.4, -0.2) is 0 Å². The number of rotatable bonds is 5. The Hall–Kier alpha value is -2.17. The Labute approximate surface area is 145 Å². The molecule has 0 aliphatic rings. The summed E-state index contributed by atoms with van der Waals surface area (Å²) >= 11 is 4.45. The Morgan fingerprint density at radius 1 is 1.13 bits per heavy atom. The van der Waals surface area contributed by atoms with Crippen molar-refractivity contribution in [1.82, 2.24) is 0 Å². The van der Waals surface area contributed by atoms with E-state index in [0.717, 1.165) is 28.9 Å². The van der Waals surface area contributed by atoms with E-state index in [1.165, 1.54) is 22.3 Å². The molecule has 23 heavy (non-hydrogen) atoms. The van der Waals surface area contributed by atoms with E-state index in [9.17, 15) is 0 Å². The van der Waals surface area contributed by atoms with Crippen molar-refractivity contribution in [2.24, 2.45) is 0 Å². The highest BCUT2D eigenvalue weighted by atomic mass is 32.1. The molecule has 2 aromatic carbocycles. The summed E-state index contributed by atoms with van der Waals surface area (Å²) < 4.78 is 0. The van der Waals surface area contributed by atoms with Crippen LogP contribution in [0.3, 0.4) is 0 Å². The molecule has 0 heterocycles. The standard InChI is InChI=1S/C22H22S/c1-5-19-10-12-20(13-11-19)14-15-22(17(3)18(4)23)21-9-7-6-8-16(21)2/h1,6-13,23H,4,14-15H2,2-3H3/b22-17+. The summed E-state index contributed by atoms with van der Waals surface area (Å²) in [6.07, 6.45) is 7.33. The fraction of sp³-hybridized carbons (Fsp3) is 0.182. The molecule has 1 heteroatoms. The molecule has 2 aromatic rings. The Morgan fingerprint density at radius 3 is 2.35 bits per heavy atom. The number of terminal acetylenes is 1. The molecule has 0 aliphatic heterocycles. The Morgan fingerprint density at radius 2 is 1.78 bits per heavy atom. The van der Waals surface area contributed by atoms with Gasteiger partial charge in [-0.3, -0.25) is 0 Å². The average Bonchev–Trinajstić information content (AvgIpc) is 2.56. The summed E-state index contributed by atoms with van der Waals surface area (Å²) in [4.78, 5) is 0.825. The van der Waals surface area contributed by atoms with Crippen molar-refractivity contribution in [3.05, 3.63) is 87.8 Å². The average molecular weight is 318 g/mol. The predicted molar refractivity (Wildman–Crippen MR) is 105 cm³/mol. The van der Waals surface area contributed by atoms with Gasteiger partial charge < -0.3 is 0 Å². The van der Waals surface area contributed by atoms with Crippen LogP contribution in [0.15, 0.2) is 65.6 Å². The molecule has 2 rings (SSSR count). The quantitative estimate of drug-likeness (QED) is 0.400. The zero-order chi connectivity index (χ0) is 16.8. The van der Waals surface area contributed by atoms with E-state index in [1.807, 2.05) is 12.1 Å². The molecule has 0 amide bonds. The summed E-state index contributed by atoms with van der Waals surface area (Å²) in [6, 6.07) is 16.7. The molecule has 0 fully saturated rings. The van der Waals surface area contributed by atoms with Gasteiger partial charge in [-0.25, -0.2) is 0 Å². The summed E-state index contributed by atoms with van der Waals surface area (Å²) in [7, 11) is 0. The summed E-state index contributed by atoms with van der Waals surface area (Å²) in [5, 5.41) is 0. The zero-order valence-corrected chi connectivity index (χ0v) is 14.7. The smallest absolute Gasteiger partial charge is 0.0242 e. The normalized spacial score (nSPS) is 11.6. The highest BCUT2D eigenvalue weighted by Gasteiger charge is 2.10. The second kappa shape index (κ2) is 7.90. The van der Waals surface area contributed by atoms with Gasteiger partial charge in [0.2, 0.25) is 0 Å². The van der Waals surface area contributed by atoms with Crippen molar-refractivity contribution in [2.75, 3.05) is 0 Å². The van der Waals surface area contributed by atoms with Crippen molar-refractivity contribution in [1.29, 1.82) is 0 Å². The third-order valence-electron chi connectivity index (χ3n) is 4.14. The lowest BCUT2D eigenvalue weighted by molar-refractivity contribution is 1.01. The molecule has 116 valence electrons. The van der Waals surface area contributed by atoms with Gasteiger partial charge in [0.15, 0.2) is 0 Å². The fourth-order valence-corrected chi connectivity index (χ4v) is 2.78. The largest absolute Gasteiger partial charge is 0.144 e. The third kappa shape index (κ3) is 4.41. The first-order chi connectivity index (χ1) is 11.0. The third-order valence-corrected chi connectivity index (χ3v) is 4.48.